The van der Waals surface area contributed by atoms with Gasteiger partial charge in [-0.15, -0.1) is 11.3 Å². The number of amides is 1. The second-order valence-electron chi connectivity index (χ2n) is 9.44. The van der Waals surface area contributed by atoms with Crippen molar-refractivity contribution in [1.82, 2.24) is 25.3 Å². The summed E-state index contributed by atoms with van der Waals surface area (Å²) in [5.74, 6) is 1.18. The van der Waals surface area contributed by atoms with Gasteiger partial charge in [-0.2, -0.15) is 0 Å². The van der Waals surface area contributed by atoms with E-state index in [-0.39, 0.29) is 0 Å². The normalized spacial score (nSPS) is 14.8. The van der Waals surface area contributed by atoms with Crippen molar-refractivity contribution < 1.29 is 14.6 Å². The number of nitrogens with one attached hydrogen (secondary N) is 2. The van der Waals surface area contributed by atoms with Crippen LogP contribution in [0.4, 0.5) is 5.82 Å². The fourth-order valence-electron chi connectivity index (χ4n) is 4.69. The number of fused-ring (bicyclic) bond motifs is 2. The Morgan fingerprint density at radius 2 is 2.05 bits per heavy atom. The van der Waals surface area contributed by atoms with Crippen molar-refractivity contribution >= 4 is 44.3 Å². The maximum atomic E-state index is 11.8. The van der Waals surface area contributed by atoms with Crippen molar-refractivity contribution in [3.8, 4) is 21.8 Å². The van der Waals surface area contributed by atoms with E-state index in [9.17, 15) is 9.90 Å². The minimum absolute atomic E-state index is 0.346. The van der Waals surface area contributed by atoms with E-state index < -0.39 is 12.0 Å². The van der Waals surface area contributed by atoms with Gasteiger partial charge in [0, 0.05) is 47.9 Å². The van der Waals surface area contributed by atoms with Crippen molar-refractivity contribution in [3.63, 3.8) is 0 Å². The molecule has 0 aliphatic carbocycles. The van der Waals surface area contributed by atoms with E-state index in [1.807, 2.05) is 30.6 Å². The molecule has 0 bridgehead atoms. The second-order valence-corrected chi connectivity index (χ2v) is 10.5. The molecule has 10 heteroatoms. The van der Waals surface area contributed by atoms with Crippen molar-refractivity contribution in [3.05, 3.63) is 59.9 Å². The number of aromatic amines is 1. The Morgan fingerprint density at radius 3 is 2.87 bits per heavy atom. The van der Waals surface area contributed by atoms with Gasteiger partial charge in [-0.05, 0) is 48.7 Å². The van der Waals surface area contributed by atoms with Crippen LogP contribution in [0, 0.1) is 6.92 Å². The number of H-pyrrole nitrogens is 1. The molecule has 0 spiro atoms. The lowest BCUT2D eigenvalue weighted by Crippen LogP contribution is -2.36. The largest absolute Gasteiger partial charge is 0.384 e. The molecule has 0 saturated carbocycles. The van der Waals surface area contributed by atoms with E-state index in [2.05, 4.69) is 45.3 Å². The van der Waals surface area contributed by atoms with E-state index in [0.29, 0.717) is 25.6 Å². The molecular weight excluding hydrogens is 500 g/mol. The summed E-state index contributed by atoms with van der Waals surface area (Å²) in [6.45, 7) is 6.77. The molecule has 1 aliphatic heterocycles. The predicted molar refractivity (Wildman–Crippen MR) is 149 cm³/mol. The average molecular weight is 529 g/mol. The number of hydrogen-bond donors (Lipinski definition) is 3. The topological polar surface area (TPSA) is 116 Å². The standard InChI is InChI=1S/C28H28N6O3S/c1-16-22-24(38-23(16)19-5-3-4-18(12-19)14-31-28(36)17(2)35)27(34-8-10-37-11-9-34)33-26(32-22)21-13-20-6-7-29-25(20)30-15-21/h3-7,12-13,15,17,35H,8-11,14H2,1-2H3,(H,29,30)(H,31,36). The maximum Gasteiger partial charge on any atom is 0.248 e. The molecule has 1 aromatic carbocycles. The number of thiophene rings is 1. The number of aliphatic hydroxyl groups is 1. The van der Waals surface area contributed by atoms with Gasteiger partial charge in [-0.25, -0.2) is 15.0 Å². The quantitative estimate of drug-likeness (QED) is 0.305. The van der Waals surface area contributed by atoms with Crippen LogP contribution < -0.4 is 10.2 Å². The van der Waals surface area contributed by atoms with E-state index in [0.717, 1.165) is 67.3 Å². The molecular formula is C28H28N6O3S. The van der Waals surface area contributed by atoms with Gasteiger partial charge in [-0.3, -0.25) is 4.79 Å². The summed E-state index contributed by atoms with van der Waals surface area (Å²) in [6.07, 6.45) is 2.66. The molecule has 194 valence electrons. The van der Waals surface area contributed by atoms with Gasteiger partial charge < -0.3 is 25.0 Å². The SMILES string of the molecule is Cc1c(-c2cccc(CNC(=O)C(C)O)c2)sc2c(N3CCOCC3)nc(-c3cnc4[nH]ccc4c3)nc12. The van der Waals surface area contributed by atoms with Gasteiger partial charge >= 0.3 is 0 Å². The number of carbonyl (C=O) groups excluding carboxylic acids is 1. The number of aryl methyl sites for hydroxylation is 1. The molecule has 1 fully saturated rings. The molecule has 6 rings (SSSR count). The summed E-state index contributed by atoms with van der Waals surface area (Å²) in [6, 6.07) is 12.2. The molecule has 38 heavy (non-hydrogen) atoms. The summed E-state index contributed by atoms with van der Waals surface area (Å²) in [4.78, 5) is 33.0. The number of hydrogen-bond acceptors (Lipinski definition) is 8. The van der Waals surface area contributed by atoms with Crippen molar-refractivity contribution in [1.29, 1.82) is 0 Å². The van der Waals surface area contributed by atoms with Crippen molar-refractivity contribution in [2.75, 3.05) is 31.2 Å². The van der Waals surface area contributed by atoms with E-state index in [1.54, 1.807) is 11.3 Å². The lowest BCUT2D eigenvalue weighted by molar-refractivity contribution is -0.128. The van der Waals surface area contributed by atoms with Crippen LogP contribution in [0.2, 0.25) is 0 Å². The minimum atomic E-state index is -1.04. The zero-order valence-electron chi connectivity index (χ0n) is 21.2. The Labute approximate surface area is 223 Å². The molecule has 1 aliphatic rings. The van der Waals surface area contributed by atoms with Crippen molar-refractivity contribution in [2.45, 2.75) is 26.5 Å². The number of anilines is 1. The highest BCUT2D eigenvalue weighted by Crippen LogP contribution is 2.42. The summed E-state index contributed by atoms with van der Waals surface area (Å²) >= 11 is 1.69. The highest BCUT2D eigenvalue weighted by atomic mass is 32.1. The molecule has 4 aromatic heterocycles. The molecule has 5 heterocycles. The lowest BCUT2D eigenvalue weighted by Gasteiger charge is -2.28. The third kappa shape index (κ3) is 4.62. The van der Waals surface area contributed by atoms with Crippen LogP contribution >= 0.6 is 11.3 Å². The van der Waals surface area contributed by atoms with Gasteiger partial charge in [0.25, 0.3) is 0 Å². The summed E-state index contributed by atoms with van der Waals surface area (Å²) in [5, 5.41) is 13.3. The Balaban J connectivity index is 1.45. The molecule has 0 radical (unpaired) electrons. The number of nitrogens with zero attached hydrogens (tertiary/aromatic N) is 4. The number of ether oxygens (including phenoxy) is 1. The average Bonchev–Trinajstić information content (AvgIpc) is 3.55. The third-order valence-electron chi connectivity index (χ3n) is 6.75. The number of aromatic nitrogens is 4. The molecule has 1 saturated heterocycles. The van der Waals surface area contributed by atoms with Crippen LogP contribution in [-0.4, -0.2) is 63.4 Å². The number of carbonyl (C=O) groups is 1. The number of benzene rings is 1. The third-order valence-corrected chi connectivity index (χ3v) is 8.08. The Hall–Kier alpha value is -3.86. The first-order valence-electron chi connectivity index (χ1n) is 12.6. The molecule has 1 unspecified atom stereocenters. The Morgan fingerprint density at radius 1 is 1.21 bits per heavy atom. The highest BCUT2D eigenvalue weighted by Gasteiger charge is 2.23. The molecule has 1 atom stereocenters. The number of aliphatic hydroxyl groups excluding tert-OH is 1. The Kier molecular flexibility index (Phi) is 6.52. The highest BCUT2D eigenvalue weighted by molar-refractivity contribution is 7.23. The van der Waals surface area contributed by atoms with Crippen molar-refractivity contribution in [2.24, 2.45) is 0 Å². The van der Waals surface area contributed by atoms with E-state index in [1.165, 1.54) is 6.92 Å². The summed E-state index contributed by atoms with van der Waals surface area (Å²) in [5.41, 5.74) is 5.74. The fraction of sp³-hybridized carbons (Fsp3) is 0.286. The van der Waals surface area contributed by atoms with Crippen LogP contribution in [0.1, 0.15) is 18.1 Å². The number of morpholine rings is 1. The number of rotatable bonds is 6. The first-order chi connectivity index (χ1) is 18.5. The molecule has 1 amide bonds. The summed E-state index contributed by atoms with van der Waals surface area (Å²) in [7, 11) is 0. The van der Waals surface area contributed by atoms with Gasteiger partial charge in [-0.1, -0.05) is 18.2 Å². The van der Waals surface area contributed by atoms with E-state index >= 15 is 0 Å². The molecule has 9 nitrogen and oxygen atoms in total. The molecule has 3 N–H and O–H groups in total. The summed E-state index contributed by atoms with van der Waals surface area (Å²) < 4.78 is 6.66. The van der Waals surface area contributed by atoms with Gasteiger partial charge in [0.15, 0.2) is 11.6 Å². The first kappa shape index (κ1) is 24.5. The Bertz CT molecular complexity index is 1640. The first-order valence-corrected chi connectivity index (χ1v) is 13.4. The van der Waals surface area contributed by atoms with E-state index in [4.69, 9.17) is 14.7 Å². The van der Waals surface area contributed by atoms with Crippen LogP contribution in [0.25, 0.3) is 43.1 Å². The van der Waals surface area contributed by atoms with Gasteiger partial charge in [0.05, 0.1) is 23.4 Å². The predicted octanol–water partition coefficient (Wildman–Crippen LogP) is 4.04. The zero-order chi connectivity index (χ0) is 26.2. The zero-order valence-corrected chi connectivity index (χ0v) is 22.0. The van der Waals surface area contributed by atoms with Crippen LogP contribution in [0.5, 0.6) is 0 Å². The van der Waals surface area contributed by atoms with Crippen LogP contribution in [0.15, 0.2) is 48.8 Å². The fourth-order valence-corrected chi connectivity index (χ4v) is 5.95. The maximum absolute atomic E-state index is 11.8. The monoisotopic (exact) mass is 528 g/mol. The number of pyridine rings is 1. The lowest BCUT2D eigenvalue weighted by atomic mass is 10.1. The van der Waals surface area contributed by atoms with Crippen LogP contribution in [0.3, 0.4) is 0 Å². The van der Waals surface area contributed by atoms with Gasteiger partial charge in [0.2, 0.25) is 5.91 Å². The second kappa shape index (κ2) is 10.1. The minimum Gasteiger partial charge on any atom is -0.384 e. The molecule has 5 aromatic rings. The smallest absolute Gasteiger partial charge is 0.248 e. The van der Waals surface area contributed by atoms with Crippen LogP contribution in [-0.2, 0) is 16.1 Å². The van der Waals surface area contributed by atoms with Gasteiger partial charge in [0.1, 0.15) is 11.8 Å².